The number of hydrogen-bond donors (Lipinski definition) is 3. The van der Waals surface area contributed by atoms with Gasteiger partial charge in [0.05, 0.1) is 6.04 Å². The van der Waals surface area contributed by atoms with Gasteiger partial charge in [-0.25, -0.2) is 9.29 Å². The Morgan fingerprint density at radius 3 is 2.86 bits per heavy atom. The summed E-state index contributed by atoms with van der Waals surface area (Å²) in [7, 11) is -4.58. The number of hydrogen-bond acceptors (Lipinski definition) is 7. The minimum Gasteiger partial charge on any atom is -0.327 e. The van der Waals surface area contributed by atoms with Crippen molar-refractivity contribution >= 4 is 34.7 Å². The van der Waals surface area contributed by atoms with E-state index in [1.807, 2.05) is 0 Å². The number of nitrogens with one attached hydrogen (secondary N) is 1. The largest absolute Gasteiger partial charge is 0.362 e. The first-order valence-electron chi connectivity index (χ1n) is 5.97. The van der Waals surface area contributed by atoms with Gasteiger partial charge in [-0.3, -0.25) is 19.2 Å². The number of carbonyl (C=O) groups is 2. The van der Waals surface area contributed by atoms with Crippen LogP contribution < -0.4 is 0 Å². The van der Waals surface area contributed by atoms with Gasteiger partial charge in [-0.2, -0.15) is 26.1 Å². The standard InChI is InChI=1S/C9H11N5O5S2/c15-8-5-4(14(8)21(17,18)19)1-2-13(5)9(16)6(20)7-10-3-11-12-7/h3-6,20H,1-2H2,(H,10,11,12)(H,17,18,19)/t4-,5+,6?/m1/s1. The van der Waals surface area contributed by atoms with Crippen molar-refractivity contribution in [1.82, 2.24) is 24.4 Å². The molecule has 2 amide bonds. The molecule has 2 saturated heterocycles. The van der Waals surface area contributed by atoms with E-state index in [-0.39, 0.29) is 18.8 Å². The predicted octanol–water partition coefficient (Wildman–Crippen LogP) is -1.61. The minimum absolute atomic E-state index is 0.205. The topological polar surface area (TPSA) is 137 Å². The molecule has 3 rings (SSSR count). The van der Waals surface area contributed by atoms with Gasteiger partial charge >= 0.3 is 10.3 Å². The number of carbonyl (C=O) groups excluding carboxylic acids is 2. The molecule has 0 bridgehead atoms. The Kier molecular flexibility index (Phi) is 3.18. The second kappa shape index (κ2) is 4.68. The number of aromatic nitrogens is 3. The van der Waals surface area contributed by atoms with Crippen LogP contribution in [0.4, 0.5) is 0 Å². The number of likely N-dealkylation sites (tertiary alicyclic amines) is 1. The first-order valence-corrected chi connectivity index (χ1v) is 7.88. The van der Waals surface area contributed by atoms with Gasteiger partial charge in [0.25, 0.3) is 5.91 Å². The van der Waals surface area contributed by atoms with Crippen molar-refractivity contribution in [3.05, 3.63) is 12.2 Å². The molecular formula is C9H11N5O5S2. The van der Waals surface area contributed by atoms with Gasteiger partial charge in [0.2, 0.25) is 5.91 Å². The van der Waals surface area contributed by atoms with Crippen LogP contribution in [0.1, 0.15) is 17.5 Å². The molecule has 2 N–H and O–H groups in total. The number of nitrogens with zero attached hydrogens (tertiary/aromatic N) is 4. The van der Waals surface area contributed by atoms with Crippen molar-refractivity contribution in [3.8, 4) is 0 Å². The molecule has 10 nitrogen and oxygen atoms in total. The number of amides is 2. The summed E-state index contributed by atoms with van der Waals surface area (Å²) < 4.78 is 31.5. The molecule has 0 aromatic carbocycles. The summed E-state index contributed by atoms with van der Waals surface area (Å²) >= 11 is 4.14. The predicted molar refractivity (Wildman–Crippen MR) is 70.4 cm³/mol. The zero-order chi connectivity index (χ0) is 15.4. The molecule has 12 heteroatoms. The molecule has 2 aliphatic heterocycles. The summed E-state index contributed by atoms with van der Waals surface area (Å²) in [6.45, 7) is 0.205. The van der Waals surface area contributed by atoms with E-state index >= 15 is 0 Å². The molecule has 1 unspecified atom stereocenters. The van der Waals surface area contributed by atoms with E-state index in [1.165, 1.54) is 11.2 Å². The van der Waals surface area contributed by atoms with E-state index in [0.717, 1.165) is 0 Å². The fourth-order valence-electron chi connectivity index (χ4n) is 2.68. The van der Waals surface area contributed by atoms with Gasteiger partial charge < -0.3 is 4.90 Å². The molecule has 114 valence electrons. The summed E-state index contributed by atoms with van der Waals surface area (Å²) in [5.41, 5.74) is 0. The Labute approximate surface area is 124 Å². The van der Waals surface area contributed by atoms with E-state index in [1.54, 1.807) is 0 Å². The van der Waals surface area contributed by atoms with E-state index in [4.69, 9.17) is 4.55 Å². The van der Waals surface area contributed by atoms with Crippen LogP contribution in [0, 0.1) is 0 Å². The van der Waals surface area contributed by atoms with Gasteiger partial charge in [-0.15, -0.1) is 0 Å². The molecule has 0 radical (unpaired) electrons. The summed E-state index contributed by atoms with van der Waals surface area (Å²) in [6, 6.07) is -1.59. The third kappa shape index (κ3) is 2.10. The molecule has 1 aromatic rings. The molecular weight excluding hydrogens is 322 g/mol. The maximum atomic E-state index is 12.3. The molecule has 0 spiro atoms. The second-order valence-corrected chi connectivity index (χ2v) is 6.52. The minimum atomic E-state index is -4.58. The summed E-state index contributed by atoms with van der Waals surface area (Å²) in [4.78, 5) is 29.2. The van der Waals surface area contributed by atoms with Gasteiger partial charge in [0, 0.05) is 6.54 Å². The van der Waals surface area contributed by atoms with Gasteiger partial charge in [0.15, 0.2) is 0 Å². The van der Waals surface area contributed by atoms with Crippen LogP contribution >= 0.6 is 12.6 Å². The molecule has 21 heavy (non-hydrogen) atoms. The van der Waals surface area contributed by atoms with E-state index in [0.29, 0.717) is 4.31 Å². The van der Waals surface area contributed by atoms with E-state index in [2.05, 4.69) is 27.8 Å². The van der Waals surface area contributed by atoms with Crippen LogP contribution in [0.15, 0.2) is 6.33 Å². The zero-order valence-electron chi connectivity index (χ0n) is 10.4. The highest BCUT2D eigenvalue weighted by atomic mass is 32.2. The van der Waals surface area contributed by atoms with Crippen LogP contribution in [0.25, 0.3) is 0 Å². The number of H-pyrrole nitrogens is 1. The zero-order valence-corrected chi connectivity index (χ0v) is 12.2. The lowest BCUT2D eigenvalue weighted by atomic mass is 10.00. The lowest BCUT2D eigenvalue weighted by Gasteiger charge is -2.42. The lowest BCUT2D eigenvalue weighted by Crippen LogP contribution is -2.68. The second-order valence-electron chi connectivity index (χ2n) is 4.72. The highest BCUT2D eigenvalue weighted by molar-refractivity contribution is 7.84. The molecule has 2 aliphatic rings. The summed E-state index contributed by atoms with van der Waals surface area (Å²) in [6.07, 6.45) is 1.51. The maximum Gasteiger partial charge on any atom is 0.362 e. The van der Waals surface area contributed by atoms with Crippen LogP contribution in [-0.2, 0) is 19.9 Å². The fraction of sp³-hybridized carbons (Fsp3) is 0.556. The Balaban J connectivity index is 1.78. The van der Waals surface area contributed by atoms with E-state index < -0.39 is 39.5 Å². The van der Waals surface area contributed by atoms with Crippen molar-refractivity contribution in [1.29, 1.82) is 0 Å². The Morgan fingerprint density at radius 1 is 1.57 bits per heavy atom. The lowest BCUT2D eigenvalue weighted by molar-refractivity contribution is -0.151. The molecule has 0 saturated carbocycles. The van der Waals surface area contributed by atoms with Crippen LogP contribution in [0.5, 0.6) is 0 Å². The monoisotopic (exact) mass is 333 g/mol. The van der Waals surface area contributed by atoms with Crippen LogP contribution in [-0.4, -0.2) is 67.8 Å². The van der Waals surface area contributed by atoms with E-state index in [9.17, 15) is 18.0 Å². The van der Waals surface area contributed by atoms with Crippen LogP contribution in [0.2, 0.25) is 0 Å². The molecule has 3 atom stereocenters. The summed E-state index contributed by atoms with van der Waals surface area (Å²) in [5, 5.41) is 5.21. The number of β-lactam (4-membered cyclic amide) rings is 1. The average Bonchev–Trinajstić information content (AvgIpc) is 3.01. The average molecular weight is 333 g/mol. The Bertz CT molecular complexity index is 689. The van der Waals surface area contributed by atoms with Gasteiger partial charge in [-0.05, 0) is 6.42 Å². The normalized spacial score (nSPS) is 26.5. The third-order valence-electron chi connectivity index (χ3n) is 3.60. The molecule has 1 aromatic heterocycles. The number of fused-ring (bicyclic) bond motifs is 1. The van der Waals surface area contributed by atoms with Crippen molar-refractivity contribution in [2.24, 2.45) is 0 Å². The van der Waals surface area contributed by atoms with Crippen molar-refractivity contribution < 1.29 is 22.6 Å². The van der Waals surface area contributed by atoms with Crippen LogP contribution in [0.3, 0.4) is 0 Å². The number of thiol groups is 1. The maximum absolute atomic E-state index is 12.3. The Hall–Kier alpha value is -1.66. The molecule has 3 heterocycles. The quantitative estimate of drug-likeness (QED) is 0.344. The third-order valence-corrected chi connectivity index (χ3v) is 5.01. The number of aromatic amines is 1. The summed E-state index contributed by atoms with van der Waals surface area (Å²) in [5.74, 6) is -1.04. The van der Waals surface area contributed by atoms with Crippen molar-refractivity contribution in [2.45, 2.75) is 23.8 Å². The van der Waals surface area contributed by atoms with Gasteiger partial charge in [0.1, 0.15) is 23.4 Å². The molecule has 0 aliphatic carbocycles. The smallest absolute Gasteiger partial charge is 0.327 e. The van der Waals surface area contributed by atoms with Gasteiger partial charge in [-0.1, -0.05) is 0 Å². The molecule has 2 fully saturated rings. The highest BCUT2D eigenvalue weighted by Gasteiger charge is 2.60. The number of rotatable bonds is 3. The first kappa shape index (κ1) is 14.3. The Morgan fingerprint density at radius 2 is 2.29 bits per heavy atom. The highest BCUT2D eigenvalue weighted by Crippen LogP contribution is 2.37. The van der Waals surface area contributed by atoms with Crippen molar-refractivity contribution in [3.63, 3.8) is 0 Å². The fourth-order valence-corrected chi connectivity index (χ4v) is 3.85. The van der Waals surface area contributed by atoms with Crippen molar-refractivity contribution in [2.75, 3.05) is 6.54 Å². The SMILES string of the molecule is O=C(C(S)c1ncn[nH]1)N1CC[C@@H]2[C@H]1C(=O)N2S(=O)(=O)O. The first-order chi connectivity index (χ1) is 9.82.